The van der Waals surface area contributed by atoms with Crippen LogP contribution < -0.4 is 4.72 Å². The normalized spacial score (nSPS) is 16.4. The highest BCUT2D eigenvalue weighted by atomic mass is 35.5. The van der Waals surface area contributed by atoms with Gasteiger partial charge >= 0.3 is 0 Å². The largest absolute Gasteiger partial charge is 0.283 e. The van der Waals surface area contributed by atoms with Gasteiger partial charge < -0.3 is 0 Å². The molecule has 0 unspecified atom stereocenters. The second-order valence-corrected chi connectivity index (χ2v) is 6.18. The molecule has 0 aromatic heterocycles. The van der Waals surface area contributed by atoms with Crippen LogP contribution in [0.1, 0.15) is 18.4 Å². The van der Waals surface area contributed by atoms with E-state index in [2.05, 4.69) is 4.72 Å². The molecule has 1 aromatic carbocycles. The molecule has 82 valence electrons. The van der Waals surface area contributed by atoms with Crippen LogP contribution in [-0.4, -0.2) is 13.7 Å². The van der Waals surface area contributed by atoms with Crippen LogP contribution in [0.4, 0.5) is 5.69 Å². The summed E-state index contributed by atoms with van der Waals surface area (Å²) in [7, 11) is -3.18. The third-order valence-electron chi connectivity index (χ3n) is 2.40. The van der Waals surface area contributed by atoms with Gasteiger partial charge in [-0.1, -0.05) is 17.7 Å². The van der Waals surface area contributed by atoms with E-state index in [4.69, 9.17) is 11.6 Å². The van der Waals surface area contributed by atoms with E-state index in [1.165, 1.54) is 0 Å². The Hall–Kier alpha value is -0.740. The number of benzene rings is 1. The SMILES string of the molecule is Cc1ccc(NS(=O)(=O)C2CC2)cc1Cl. The molecule has 0 aliphatic heterocycles. The van der Waals surface area contributed by atoms with Gasteiger partial charge in [0.2, 0.25) is 10.0 Å². The van der Waals surface area contributed by atoms with E-state index in [-0.39, 0.29) is 5.25 Å². The fourth-order valence-electron chi connectivity index (χ4n) is 1.28. The van der Waals surface area contributed by atoms with Gasteiger partial charge in [0.05, 0.1) is 5.25 Å². The van der Waals surface area contributed by atoms with Crippen molar-refractivity contribution in [1.82, 2.24) is 0 Å². The maximum atomic E-state index is 11.6. The lowest BCUT2D eigenvalue weighted by molar-refractivity contribution is 0.600. The van der Waals surface area contributed by atoms with Gasteiger partial charge in [0.25, 0.3) is 0 Å². The van der Waals surface area contributed by atoms with Crippen LogP contribution in [0.15, 0.2) is 18.2 Å². The fraction of sp³-hybridized carbons (Fsp3) is 0.400. The lowest BCUT2D eigenvalue weighted by atomic mass is 10.2. The summed E-state index contributed by atoms with van der Waals surface area (Å²) in [5.41, 5.74) is 1.48. The summed E-state index contributed by atoms with van der Waals surface area (Å²) in [6, 6.07) is 5.16. The Morgan fingerprint density at radius 3 is 2.60 bits per heavy atom. The van der Waals surface area contributed by atoms with Crippen molar-refractivity contribution in [2.24, 2.45) is 0 Å². The zero-order valence-corrected chi connectivity index (χ0v) is 9.90. The number of anilines is 1. The second kappa shape index (κ2) is 3.68. The predicted octanol–water partition coefficient (Wildman–Crippen LogP) is 2.55. The molecular formula is C10H12ClNO2S. The summed E-state index contributed by atoms with van der Waals surface area (Å²) in [5.74, 6) is 0. The smallest absolute Gasteiger partial charge is 0.235 e. The van der Waals surface area contributed by atoms with Gasteiger partial charge in [0, 0.05) is 10.7 Å². The lowest BCUT2D eigenvalue weighted by Crippen LogP contribution is -2.17. The Morgan fingerprint density at radius 1 is 1.40 bits per heavy atom. The number of aryl methyl sites for hydroxylation is 1. The van der Waals surface area contributed by atoms with Crippen LogP contribution in [0.25, 0.3) is 0 Å². The first-order valence-corrected chi connectivity index (χ1v) is 6.69. The van der Waals surface area contributed by atoms with Crippen molar-refractivity contribution in [2.45, 2.75) is 25.0 Å². The molecule has 1 aromatic rings. The average molecular weight is 246 g/mol. The van der Waals surface area contributed by atoms with Crippen LogP contribution in [0.3, 0.4) is 0 Å². The minimum Gasteiger partial charge on any atom is -0.283 e. The molecule has 3 nitrogen and oxygen atoms in total. The van der Waals surface area contributed by atoms with E-state index >= 15 is 0 Å². The molecule has 1 N–H and O–H groups in total. The van der Waals surface area contributed by atoms with Crippen LogP contribution in [0.5, 0.6) is 0 Å². The highest BCUT2D eigenvalue weighted by Crippen LogP contribution is 2.30. The summed E-state index contributed by atoms with van der Waals surface area (Å²) in [6.07, 6.45) is 1.52. The van der Waals surface area contributed by atoms with Gasteiger partial charge in [0.1, 0.15) is 0 Å². The molecule has 0 amide bonds. The quantitative estimate of drug-likeness (QED) is 0.890. The molecule has 15 heavy (non-hydrogen) atoms. The van der Waals surface area contributed by atoms with Crippen LogP contribution in [-0.2, 0) is 10.0 Å². The Balaban J connectivity index is 2.21. The van der Waals surface area contributed by atoms with E-state index < -0.39 is 10.0 Å². The standard InChI is InChI=1S/C10H12ClNO2S/c1-7-2-3-8(6-10(7)11)12-15(13,14)9-4-5-9/h2-3,6,9,12H,4-5H2,1H3. The van der Waals surface area contributed by atoms with E-state index in [0.717, 1.165) is 18.4 Å². The molecule has 1 aliphatic carbocycles. The van der Waals surface area contributed by atoms with E-state index in [1.54, 1.807) is 18.2 Å². The van der Waals surface area contributed by atoms with Crippen LogP contribution in [0.2, 0.25) is 5.02 Å². The minimum atomic E-state index is -3.18. The Bertz CT molecular complexity index is 480. The summed E-state index contributed by atoms with van der Waals surface area (Å²) in [6.45, 7) is 1.88. The van der Waals surface area contributed by atoms with Crippen LogP contribution >= 0.6 is 11.6 Å². The van der Waals surface area contributed by atoms with Crippen molar-refractivity contribution in [3.63, 3.8) is 0 Å². The Kier molecular flexibility index (Phi) is 2.64. The van der Waals surface area contributed by atoms with Crippen molar-refractivity contribution in [2.75, 3.05) is 4.72 Å². The third kappa shape index (κ3) is 2.44. The Morgan fingerprint density at radius 2 is 2.07 bits per heavy atom. The Labute approximate surface area is 94.5 Å². The molecular weight excluding hydrogens is 234 g/mol. The zero-order chi connectivity index (χ0) is 11.1. The topological polar surface area (TPSA) is 46.2 Å². The predicted molar refractivity (Wildman–Crippen MR) is 61.8 cm³/mol. The number of nitrogens with one attached hydrogen (secondary N) is 1. The van der Waals surface area contributed by atoms with Crippen molar-refractivity contribution in [3.8, 4) is 0 Å². The van der Waals surface area contributed by atoms with Gasteiger partial charge in [-0.25, -0.2) is 8.42 Å². The fourth-order valence-corrected chi connectivity index (χ4v) is 2.84. The molecule has 2 rings (SSSR count). The summed E-state index contributed by atoms with van der Waals surface area (Å²) < 4.78 is 25.7. The third-order valence-corrected chi connectivity index (χ3v) is 4.67. The van der Waals surface area contributed by atoms with Crippen molar-refractivity contribution >= 4 is 27.3 Å². The van der Waals surface area contributed by atoms with Gasteiger partial charge in [-0.15, -0.1) is 0 Å². The highest BCUT2D eigenvalue weighted by molar-refractivity contribution is 7.93. The maximum absolute atomic E-state index is 11.6. The molecule has 1 aliphatic rings. The van der Waals surface area contributed by atoms with Gasteiger partial charge in [-0.05, 0) is 37.5 Å². The number of halogens is 1. The van der Waals surface area contributed by atoms with Crippen molar-refractivity contribution in [3.05, 3.63) is 28.8 Å². The highest BCUT2D eigenvalue weighted by Gasteiger charge is 2.35. The van der Waals surface area contributed by atoms with Crippen molar-refractivity contribution in [1.29, 1.82) is 0 Å². The molecule has 0 saturated heterocycles. The minimum absolute atomic E-state index is 0.211. The first-order chi connectivity index (χ1) is 6.99. The van der Waals surface area contributed by atoms with E-state index in [9.17, 15) is 8.42 Å². The summed E-state index contributed by atoms with van der Waals surface area (Å²) in [5, 5.41) is 0.364. The number of hydrogen-bond donors (Lipinski definition) is 1. The molecule has 0 bridgehead atoms. The van der Waals surface area contributed by atoms with Gasteiger partial charge in [-0.2, -0.15) is 0 Å². The lowest BCUT2D eigenvalue weighted by Gasteiger charge is -2.07. The summed E-state index contributed by atoms with van der Waals surface area (Å²) >= 11 is 5.90. The van der Waals surface area contributed by atoms with Crippen molar-refractivity contribution < 1.29 is 8.42 Å². The molecule has 1 saturated carbocycles. The van der Waals surface area contributed by atoms with Crippen LogP contribution in [0, 0.1) is 6.92 Å². The van der Waals surface area contributed by atoms with E-state index in [0.29, 0.717) is 10.7 Å². The summed E-state index contributed by atoms with van der Waals surface area (Å²) in [4.78, 5) is 0. The molecule has 1 fully saturated rings. The number of sulfonamides is 1. The first kappa shape index (κ1) is 10.8. The molecule has 0 radical (unpaired) electrons. The average Bonchev–Trinajstić information content (AvgIpc) is 2.93. The second-order valence-electron chi connectivity index (χ2n) is 3.81. The molecule has 0 spiro atoms. The number of rotatable bonds is 3. The molecule has 5 heteroatoms. The maximum Gasteiger partial charge on any atom is 0.235 e. The van der Waals surface area contributed by atoms with Gasteiger partial charge in [0.15, 0.2) is 0 Å². The first-order valence-electron chi connectivity index (χ1n) is 4.77. The monoisotopic (exact) mass is 245 g/mol. The van der Waals surface area contributed by atoms with Gasteiger partial charge in [-0.3, -0.25) is 4.72 Å². The molecule has 0 atom stereocenters. The number of hydrogen-bond acceptors (Lipinski definition) is 2. The molecule has 0 heterocycles. The van der Waals surface area contributed by atoms with E-state index in [1.807, 2.05) is 6.92 Å². The zero-order valence-electron chi connectivity index (χ0n) is 8.33.